The van der Waals surface area contributed by atoms with E-state index in [1.165, 1.54) is 17.7 Å². The summed E-state index contributed by atoms with van der Waals surface area (Å²) in [4.78, 5) is 31.8. The molecule has 2 heterocycles. The zero-order valence-corrected chi connectivity index (χ0v) is 18.6. The molecule has 0 aromatic heterocycles. The zero-order chi connectivity index (χ0) is 22.3. The summed E-state index contributed by atoms with van der Waals surface area (Å²) in [6.45, 7) is 4.28. The van der Waals surface area contributed by atoms with Crippen LogP contribution in [0.4, 0.5) is 4.39 Å². The molecule has 4 rings (SSSR count). The lowest BCUT2D eigenvalue weighted by Gasteiger charge is -2.26. The van der Waals surface area contributed by atoms with Gasteiger partial charge < -0.3 is 9.80 Å². The van der Waals surface area contributed by atoms with Crippen LogP contribution in [0.15, 0.2) is 54.6 Å². The molecule has 170 valence electrons. The number of carbonyl (C=O) groups is 2. The highest BCUT2D eigenvalue weighted by atomic mass is 19.1. The van der Waals surface area contributed by atoms with Gasteiger partial charge in [0.2, 0.25) is 11.8 Å². The highest BCUT2D eigenvalue weighted by Gasteiger charge is 2.36. The van der Waals surface area contributed by atoms with Gasteiger partial charge >= 0.3 is 0 Å². The van der Waals surface area contributed by atoms with Crippen LogP contribution in [0, 0.1) is 5.82 Å². The summed E-state index contributed by atoms with van der Waals surface area (Å²) < 4.78 is 13.1. The maximum Gasteiger partial charge on any atom is 0.240 e. The Hall–Kier alpha value is -2.73. The normalized spacial score (nSPS) is 19.9. The third-order valence-electron chi connectivity index (χ3n) is 6.58. The first-order chi connectivity index (χ1) is 15.6. The van der Waals surface area contributed by atoms with Crippen molar-refractivity contribution in [1.29, 1.82) is 0 Å². The van der Waals surface area contributed by atoms with Crippen LogP contribution in [0.1, 0.15) is 36.8 Å². The van der Waals surface area contributed by atoms with Gasteiger partial charge in [-0.25, -0.2) is 4.39 Å². The Morgan fingerprint density at radius 3 is 2.47 bits per heavy atom. The van der Waals surface area contributed by atoms with Crippen molar-refractivity contribution < 1.29 is 14.0 Å². The van der Waals surface area contributed by atoms with Gasteiger partial charge in [0.05, 0.1) is 6.04 Å². The molecule has 2 amide bonds. The molecule has 2 aliphatic rings. The number of amides is 2. The van der Waals surface area contributed by atoms with Crippen LogP contribution in [0.5, 0.6) is 0 Å². The largest absolute Gasteiger partial charge is 0.341 e. The van der Waals surface area contributed by atoms with E-state index in [-0.39, 0.29) is 23.7 Å². The molecule has 0 radical (unpaired) electrons. The fourth-order valence-corrected chi connectivity index (χ4v) is 4.77. The van der Waals surface area contributed by atoms with Gasteiger partial charge in [0, 0.05) is 45.7 Å². The maximum atomic E-state index is 13.1. The first-order valence-electron chi connectivity index (χ1n) is 11.7. The monoisotopic (exact) mass is 437 g/mol. The second kappa shape index (κ2) is 10.7. The Kier molecular flexibility index (Phi) is 7.53. The molecule has 2 aromatic carbocycles. The van der Waals surface area contributed by atoms with Gasteiger partial charge in [-0.15, -0.1) is 0 Å². The number of carbonyl (C=O) groups excluding carboxylic acids is 2. The molecule has 0 N–H and O–H groups in total. The Morgan fingerprint density at radius 1 is 0.906 bits per heavy atom. The zero-order valence-electron chi connectivity index (χ0n) is 18.6. The van der Waals surface area contributed by atoms with Gasteiger partial charge in [0.25, 0.3) is 0 Å². The van der Waals surface area contributed by atoms with Crippen molar-refractivity contribution in [3.63, 3.8) is 0 Å². The van der Waals surface area contributed by atoms with Crippen LogP contribution in [-0.4, -0.2) is 65.3 Å². The quantitative estimate of drug-likeness (QED) is 0.666. The van der Waals surface area contributed by atoms with Crippen molar-refractivity contribution in [1.82, 2.24) is 14.7 Å². The third-order valence-corrected chi connectivity index (χ3v) is 6.58. The molecule has 0 aliphatic carbocycles. The first-order valence-corrected chi connectivity index (χ1v) is 11.7. The lowest BCUT2D eigenvalue weighted by atomic mass is 10.1. The first kappa shape index (κ1) is 22.5. The summed E-state index contributed by atoms with van der Waals surface area (Å²) in [6, 6.07) is 16.5. The number of halogens is 1. The number of nitrogens with zero attached hydrogens (tertiary/aromatic N) is 3. The van der Waals surface area contributed by atoms with Crippen molar-refractivity contribution >= 4 is 11.8 Å². The van der Waals surface area contributed by atoms with E-state index in [2.05, 4.69) is 17.0 Å². The molecule has 2 aliphatic heterocycles. The molecule has 0 bridgehead atoms. The van der Waals surface area contributed by atoms with Crippen molar-refractivity contribution in [2.75, 3.05) is 32.7 Å². The van der Waals surface area contributed by atoms with E-state index in [0.717, 1.165) is 57.4 Å². The van der Waals surface area contributed by atoms with E-state index in [4.69, 9.17) is 0 Å². The SMILES string of the molecule is O=C(CCCc1ccccc1)N1CCCN([C@H]2CCN(Cc3ccc(F)cc3)C2=O)CC1. The number of hydrogen-bond acceptors (Lipinski definition) is 3. The van der Waals surface area contributed by atoms with Crippen LogP contribution >= 0.6 is 0 Å². The van der Waals surface area contributed by atoms with E-state index in [1.807, 2.05) is 28.0 Å². The lowest BCUT2D eigenvalue weighted by molar-refractivity contribution is -0.132. The summed E-state index contributed by atoms with van der Waals surface area (Å²) in [5.41, 5.74) is 2.22. The van der Waals surface area contributed by atoms with Crippen LogP contribution in [-0.2, 0) is 22.6 Å². The molecule has 0 saturated carbocycles. The molecule has 0 spiro atoms. The smallest absolute Gasteiger partial charge is 0.240 e. The summed E-state index contributed by atoms with van der Waals surface area (Å²) >= 11 is 0. The van der Waals surface area contributed by atoms with Crippen LogP contribution in [0.25, 0.3) is 0 Å². The Morgan fingerprint density at radius 2 is 1.69 bits per heavy atom. The van der Waals surface area contributed by atoms with Crippen molar-refractivity contribution in [3.05, 3.63) is 71.5 Å². The lowest BCUT2D eigenvalue weighted by Crippen LogP contribution is -2.44. The van der Waals surface area contributed by atoms with Crippen molar-refractivity contribution in [2.45, 2.75) is 44.7 Å². The standard InChI is InChI=1S/C26H32FN3O2/c27-23-12-10-22(11-13-23)20-30-17-14-24(26(30)32)28-15-5-16-29(19-18-28)25(31)9-4-8-21-6-2-1-3-7-21/h1-3,6-7,10-13,24H,4-5,8-9,14-20H2/t24-/m0/s1. The fraction of sp³-hybridized carbons (Fsp3) is 0.462. The minimum Gasteiger partial charge on any atom is -0.341 e. The number of likely N-dealkylation sites (tertiary alicyclic amines) is 1. The molecule has 32 heavy (non-hydrogen) atoms. The third kappa shape index (κ3) is 5.74. The Labute approximate surface area is 189 Å². The molecule has 5 nitrogen and oxygen atoms in total. The maximum absolute atomic E-state index is 13.1. The Bertz CT molecular complexity index is 903. The molecular weight excluding hydrogens is 405 g/mol. The predicted octanol–water partition coefficient (Wildman–Crippen LogP) is 3.48. The van der Waals surface area contributed by atoms with Crippen molar-refractivity contribution in [2.24, 2.45) is 0 Å². The topological polar surface area (TPSA) is 43.9 Å². The molecule has 2 saturated heterocycles. The highest BCUT2D eigenvalue weighted by Crippen LogP contribution is 2.21. The summed E-state index contributed by atoms with van der Waals surface area (Å²) in [5, 5.41) is 0. The summed E-state index contributed by atoms with van der Waals surface area (Å²) in [7, 11) is 0. The number of hydrogen-bond donors (Lipinski definition) is 0. The number of rotatable bonds is 7. The van der Waals surface area contributed by atoms with Gasteiger partial charge in [0.1, 0.15) is 5.82 Å². The van der Waals surface area contributed by atoms with Crippen LogP contribution in [0.3, 0.4) is 0 Å². The highest BCUT2D eigenvalue weighted by molar-refractivity contribution is 5.84. The van der Waals surface area contributed by atoms with Crippen molar-refractivity contribution in [3.8, 4) is 0 Å². The fourth-order valence-electron chi connectivity index (χ4n) is 4.77. The van der Waals surface area contributed by atoms with Crippen LogP contribution in [0.2, 0.25) is 0 Å². The summed E-state index contributed by atoms with van der Waals surface area (Å²) in [6.07, 6.45) is 4.06. The minimum atomic E-state index is -0.261. The van der Waals surface area contributed by atoms with Gasteiger partial charge in [-0.1, -0.05) is 42.5 Å². The van der Waals surface area contributed by atoms with Gasteiger partial charge in [-0.2, -0.15) is 0 Å². The minimum absolute atomic E-state index is 0.108. The number of benzene rings is 2. The van der Waals surface area contributed by atoms with E-state index in [9.17, 15) is 14.0 Å². The Balaban J connectivity index is 1.24. The molecule has 1 atom stereocenters. The molecular formula is C26H32FN3O2. The predicted molar refractivity (Wildman–Crippen MR) is 122 cm³/mol. The van der Waals surface area contributed by atoms with Gasteiger partial charge in [0.15, 0.2) is 0 Å². The van der Waals surface area contributed by atoms with Gasteiger partial charge in [-0.05, 0) is 48.9 Å². The van der Waals surface area contributed by atoms with E-state index >= 15 is 0 Å². The molecule has 2 aromatic rings. The van der Waals surface area contributed by atoms with E-state index in [1.54, 1.807) is 12.1 Å². The molecule has 0 unspecified atom stereocenters. The van der Waals surface area contributed by atoms with Gasteiger partial charge in [-0.3, -0.25) is 14.5 Å². The average molecular weight is 438 g/mol. The van der Waals surface area contributed by atoms with Crippen LogP contribution < -0.4 is 0 Å². The molecule has 6 heteroatoms. The average Bonchev–Trinajstić information content (AvgIpc) is 3.00. The summed E-state index contributed by atoms with van der Waals surface area (Å²) in [5.74, 6) is 0.110. The number of aryl methyl sites for hydroxylation is 1. The second-order valence-electron chi connectivity index (χ2n) is 8.80. The van der Waals surface area contributed by atoms with E-state index < -0.39 is 0 Å². The molecule has 2 fully saturated rings. The van der Waals surface area contributed by atoms with E-state index in [0.29, 0.717) is 19.5 Å². The second-order valence-corrected chi connectivity index (χ2v) is 8.80.